The Morgan fingerprint density at radius 1 is 1.14 bits per heavy atom. The molecule has 0 unspecified atom stereocenters. The number of hydrogen-bond acceptors (Lipinski definition) is 3. The molecule has 1 aliphatic heterocycles. The van der Waals surface area contributed by atoms with Gasteiger partial charge >= 0.3 is 0 Å². The molecule has 1 N–H and O–H groups in total. The second-order valence-electron chi connectivity index (χ2n) is 4.85. The molecule has 2 heterocycles. The molecule has 3 rings (SSSR count). The van der Waals surface area contributed by atoms with Crippen LogP contribution >= 0.6 is 52.1 Å². The highest BCUT2D eigenvalue weighted by atomic mass is 79.9. The van der Waals surface area contributed by atoms with Gasteiger partial charge in [-0.2, -0.15) is 0 Å². The summed E-state index contributed by atoms with van der Waals surface area (Å²) in [7, 11) is 0. The molecule has 2 aromatic rings. The minimum Gasteiger partial charge on any atom is -0.314 e. The third-order valence-corrected chi connectivity index (χ3v) is 5.37. The van der Waals surface area contributed by atoms with Crippen LogP contribution in [0.25, 0.3) is 0 Å². The second-order valence-corrected chi connectivity index (χ2v) is 6.62. The summed E-state index contributed by atoms with van der Waals surface area (Å²) in [5, 5.41) is 5.45. The van der Waals surface area contributed by atoms with Gasteiger partial charge in [-0.15, -0.1) is 36.2 Å². The van der Waals surface area contributed by atoms with Crippen molar-refractivity contribution in [2.45, 2.75) is 6.04 Å². The van der Waals surface area contributed by atoms with Crippen molar-refractivity contribution < 1.29 is 4.39 Å². The Bertz CT molecular complexity index is 577. The Hall–Kier alpha value is -0.170. The molecule has 122 valence electrons. The van der Waals surface area contributed by atoms with E-state index in [4.69, 9.17) is 0 Å². The van der Waals surface area contributed by atoms with E-state index in [0.29, 0.717) is 4.47 Å². The van der Waals surface area contributed by atoms with Gasteiger partial charge in [0.25, 0.3) is 0 Å². The maximum Gasteiger partial charge on any atom is 0.137 e. The maximum absolute atomic E-state index is 13.9. The van der Waals surface area contributed by atoms with Crippen LogP contribution in [0.5, 0.6) is 0 Å². The van der Waals surface area contributed by atoms with Crippen LogP contribution in [-0.2, 0) is 0 Å². The largest absolute Gasteiger partial charge is 0.314 e. The van der Waals surface area contributed by atoms with Crippen molar-refractivity contribution in [2.75, 3.05) is 26.2 Å². The highest BCUT2D eigenvalue weighted by Gasteiger charge is 2.27. The number of hydrogen-bond donors (Lipinski definition) is 1. The van der Waals surface area contributed by atoms with E-state index in [9.17, 15) is 4.39 Å². The van der Waals surface area contributed by atoms with Crippen LogP contribution in [0.15, 0.2) is 40.2 Å². The topological polar surface area (TPSA) is 15.3 Å². The number of nitrogens with zero attached hydrogens (tertiary/aromatic N) is 1. The predicted molar refractivity (Wildman–Crippen MR) is 99.2 cm³/mol. The first-order chi connectivity index (χ1) is 9.77. The van der Waals surface area contributed by atoms with Gasteiger partial charge in [-0.3, -0.25) is 4.90 Å². The van der Waals surface area contributed by atoms with Crippen LogP contribution < -0.4 is 5.32 Å². The van der Waals surface area contributed by atoms with Gasteiger partial charge in [0.15, 0.2) is 0 Å². The van der Waals surface area contributed by atoms with Gasteiger partial charge in [0.05, 0.1) is 10.5 Å². The average molecular weight is 428 g/mol. The lowest BCUT2D eigenvalue weighted by molar-refractivity contribution is 0.200. The SMILES string of the molecule is Cl.Cl.Fc1cccc([C@H](c2cccs2)N2CCNCC2)c1Br. The van der Waals surface area contributed by atoms with Crippen molar-refractivity contribution in [3.8, 4) is 0 Å². The van der Waals surface area contributed by atoms with Crippen molar-refractivity contribution in [2.24, 2.45) is 0 Å². The molecule has 1 aromatic carbocycles. The first kappa shape index (κ1) is 19.9. The highest BCUT2D eigenvalue weighted by molar-refractivity contribution is 9.10. The Balaban J connectivity index is 0.00000121. The Labute approximate surface area is 155 Å². The molecule has 1 saturated heterocycles. The molecular weight excluding hydrogens is 410 g/mol. The number of benzene rings is 1. The zero-order valence-electron chi connectivity index (χ0n) is 11.8. The molecule has 7 heteroatoms. The monoisotopic (exact) mass is 426 g/mol. The molecule has 0 aliphatic carbocycles. The minimum atomic E-state index is -0.195. The molecule has 2 nitrogen and oxygen atoms in total. The predicted octanol–water partition coefficient (Wildman–Crippen LogP) is 4.49. The number of piperazine rings is 1. The van der Waals surface area contributed by atoms with E-state index < -0.39 is 0 Å². The van der Waals surface area contributed by atoms with Gasteiger partial charge in [0.2, 0.25) is 0 Å². The smallest absolute Gasteiger partial charge is 0.137 e. The third kappa shape index (κ3) is 4.22. The fourth-order valence-electron chi connectivity index (χ4n) is 2.65. The van der Waals surface area contributed by atoms with Gasteiger partial charge in [0.1, 0.15) is 5.82 Å². The standard InChI is InChI=1S/C15H16BrFN2S.2ClH/c16-14-11(3-1-4-12(14)17)15(13-5-2-10-20-13)19-8-6-18-7-9-19;;/h1-5,10,15,18H,6-9H2;2*1H/t15-;;/m1../s1. The lowest BCUT2D eigenvalue weighted by Gasteiger charge is -2.35. The third-order valence-electron chi connectivity index (χ3n) is 3.61. The Morgan fingerprint density at radius 2 is 1.86 bits per heavy atom. The first-order valence-corrected chi connectivity index (χ1v) is 8.36. The second kappa shape index (κ2) is 9.21. The maximum atomic E-state index is 13.9. The van der Waals surface area contributed by atoms with Crippen LogP contribution in [0, 0.1) is 5.82 Å². The minimum absolute atomic E-state index is 0. The van der Waals surface area contributed by atoms with Crippen LogP contribution in [0.1, 0.15) is 16.5 Å². The molecule has 22 heavy (non-hydrogen) atoms. The average Bonchev–Trinajstić information content (AvgIpc) is 2.99. The van der Waals surface area contributed by atoms with Crippen molar-refractivity contribution in [1.82, 2.24) is 10.2 Å². The van der Waals surface area contributed by atoms with Gasteiger partial charge in [-0.05, 0) is 39.0 Å². The van der Waals surface area contributed by atoms with Crippen molar-refractivity contribution in [1.29, 1.82) is 0 Å². The summed E-state index contributed by atoms with van der Waals surface area (Å²) in [4.78, 5) is 3.68. The molecule has 1 aromatic heterocycles. The van der Waals surface area contributed by atoms with Crippen molar-refractivity contribution >= 4 is 52.1 Å². The summed E-state index contributed by atoms with van der Waals surface area (Å²) in [6.07, 6.45) is 0. The fourth-order valence-corrected chi connectivity index (χ4v) is 4.01. The first-order valence-electron chi connectivity index (χ1n) is 6.69. The van der Waals surface area contributed by atoms with E-state index in [2.05, 4.69) is 43.7 Å². The zero-order valence-corrected chi connectivity index (χ0v) is 15.8. The van der Waals surface area contributed by atoms with Crippen LogP contribution in [0.2, 0.25) is 0 Å². The van der Waals surface area contributed by atoms with Crippen LogP contribution in [0.3, 0.4) is 0 Å². The van der Waals surface area contributed by atoms with E-state index in [1.165, 1.54) is 10.9 Å². The van der Waals surface area contributed by atoms with Crippen molar-refractivity contribution in [3.05, 3.63) is 56.4 Å². The summed E-state index contributed by atoms with van der Waals surface area (Å²) in [6, 6.07) is 9.62. The van der Waals surface area contributed by atoms with Crippen LogP contribution in [-0.4, -0.2) is 31.1 Å². The lowest BCUT2D eigenvalue weighted by atomic mass is 10.0. The van der Waals surface area contributed by atoms with E-state index in [1.54, 1.807) is 17.4 Å². The number of thiophene rings is 1. The number of rotatable bonds is 3. The van der Waals surface area contributed by atoms with E-state index in [-0.39, 0.29) is 36.7 Å². The van der Waals surface area contributed by atoms with Crippen LogP contribution in [0.4, 0.5) is 4.39 Å². The number of halogens is 4. The van der Waals surface area contributed by atoms with Gasteiger partial charge in [-0.25, -0.2) is 4.39 Å². The van der Waals surface area contributed by atoms with E-state index in [1.807, 2.05) is 6.07 Å². The molecular formula is C15H18BrCl2FN2S. The molecule has 0 spiro atoms. The van der Waals surface area contributed by atoms with E-state index in [0.717, 1.165) is 31.7 Å². The zero-order chi connectivity index (χ0) is 13.9. The summed E-state index contributed by atoms with van der Waals surface area (Å²) in [5.41, 5.74) is 1.01. The Morgan fingerprint density at radius 3 is 2.50 bits per heavy atom. The normalized spacial score (nSPS) is 16.5. The highest BCUT2D eigenvalue weighted by Crippen LogP contribution is 2.36. The molecule has 0 radical (unpaired) electrons. The molecule has 1 fully saturated rings. The summed E-state index contributed by atoms with van der Waals surface area (Å²) < 4.78 is 14.5. The van der Waals surface area contributed by atoms with Crippen molar-refractivity contribution in [3.63, 3.8) is 0 Å². The molecule has 0 amide bonds. The lowest BCUT2D eigenvalue weighted by Crippen LogP contribution is -2.45. The molecule has 0 saturated carbocycles. The molecule has 1 aliphatic rings. The van der Waals surface area contributed by atoms with Gasteiger partial charge < -0.3 is 5.32 Å². The summed E-state index contributed by atoms with van der Waals surface area (Å²) in [6.45, 7) is 3.92. The quantitative estimate of drug-likeness (QED) is 0.776. The number of nitrogens with one attached hydrogen (secondary N) is 1. The van der Waals surface area contributed by atoms with Gasteiger partial charge in [0, 0.05) is 31.1 Å². The fraction of sp³-hybridized carbons (Fsp3) is 0.333. The Kier molecular flexibility index (Phi) is 8.32. The van der Waals surface area contributed by atoms with E-state index >= 15 is 0 Å². The summed E-state index contributed by atoms with van der Waals surface area (Å²) >= 11 is 5.15. The summed E-state index contributed by atoms with van der Waals surface area (Å²) in [5.74, 6) is -0.195. The molecule has 1 atom stereocenters. The van der Waals surface area contributed by atoms with Gasteiger partial charge in [-0.1, -0.05) is 18.2 Å². The molecule has 0 bridgehead atoms.